The predicted molar refractivity (Wildman–Crippen MR) is 49.8 cm³/mol. The Kier molecular flexibility index (Phi) is 13.8. The summed E-state index contributed by atoms with van der Waals surface area (Å²) in [5.74, 6) is -2.72. The van der Waals surface area contributed by atoms with E-state index < -0.39 is 17.7 Å². The molecular weight excluding hydrogens is 315 g/mol. The Morgan fingerprint density at radius 1 is 1.20 bits per heavy atom. The van der Waals surface area contributed by atoms with Crippen LogP contribution in [-0.2, 0) is 9.59 Å². The Morgan fingerprint density at radius 2 is 1.60 bits per heavy atom. The van der Waals surface area contributed by atoms with E-state index >= 15 is 0 Å². The molecule has 9 heteroatoms. The molecule has 2 N–H and O–H groups in total. The van der Waals surface area contributed by atoms with Gasteiger partial charge in [0, 0.05) is 5.71 Å². The fraction of sp³-hybridized carbons (Fsp3) is 0.333. The van der Waals surface area contributed by atoms with Crippen LogP contribution >= 0.6 is 0 Å². The largest absolute Gasteiger partial charge is 2.00 e. The predicted octanol–water partition coefficient (Wildman–Crippen LogP) is -1.76. The van der Waals surface area contributed by atoms with Crippen LogP contribution in [0.1, 0.15) is 13.8 Å². The molecular formula is C6H8N2O6Sn. The van der Waals surface area contributed by atoms with Crippen LogP contribution in [0.15, 0.2) is 10.3 Å². The number of nitrogens with zero attached hydrogens (tertiary/aromatic N) is 2. The molecule has 82 valence electrons. The number of rotatable bonds is 2. The number of hydrogen-bond acceptors (Lipinski definition) is 7. The molecule has 0 aromatic carbocycles. The van der Waals surface area contributed by atoms with Crippen LogP contribution in [0.3, 0.4) is 0 Å². The van der Waals surface area contributed by atoms with Gasteiger partial charge in [-0.05, 0) is 13.8 Å². The molecule has 0 aliphatic heterocycles. The smallest absolute Gasteiger partial charge is 0.792 e. The van der Waals surface area contributed by atoms with Crippen molar-refractivity contribution in [1.82, 2.24) is 0 Å². The van der Waals surface area contributed by atoms with Crippen LogP contribution in [0.25, 0.3) is 0 Å². The van der Waals surface area contributed by atoms with E-state index in [1.54, 1.807) is 0 Å². The van der Waals surface area contributed by atoms with Crippen LogP contribution in [0.2, 0.25) is 0 Å². The first-order chi connectivity index (χ1) is 6.36. The second-order valence-electron chi connectivity index (χ2n) is 1.95. The average Bonchev–Trinajstić information content (AvgIpc) is 2.15. The molecule has 0 aliphatic rings. The van der Waals surface area contributed by atoms with Crippen molar-refractivity contribution in [2.24, 2.45) is 10.3 Å². The summed E-state index contributed by atoms with van der Waals surface area (Å²) >= 11 is 0. The monoisotopic (exact) mass is 324 g/mol. The summed E-state index contributed by atoms with van der Waals surface area (Å²) in [6.07, 6.45) is 0. The van der Waals surface area contributed by atoms with Gasteiger partial charge in [0.1, 0.15) is 0 Å². The molecule has 8 nitrogen and oxygen atoms in total. The maximum absolute atomic E-state index is 9.64. The van der Waals surface area contributed by atoms with E-state index in [1.165, 1.54) is 6.92 Å². The molecule has 0 saturated carbocycles. The van der Waals surface area contributed by atoms with E-state index in [9.17, 15) is 19.9 Å². The summed E-state index contributed by atoms with van der Waals surface area (Å²) in [5, 5.41) is 38.8. The summed E-state index contributed by atoms with van der Waals surface area (Å²) in [7, 11) is 0. The molecule has 0 rings (SSSR count). The van der Waals surface area contributed by atoms with Gasteiger partial charge in [0.15, 0.2) is 5.71 Å². The minimum absolute atomic E-state index is 0. The Bertz CT molecular complexity index is 247. The number of hydrogen-bond donors (Lipinski definition) is 2. The van der Waals surface area contributed by atoms with Gasteiger partial charge in [-0.15, -0.1) is 0 Å². The van der Waals surface area contributed by atoms with Crippen molar-refractivity contribution in [2.75, 3.05) is 0 Å². The van der Waals surface area contributed by atoms with Crippen LogP contribution in [0.4, 0.5) is 0 Å². The summed E-state index contributed by atoms with van der Waals surface area (Å²) < 4.78 is 0. The summed E-state index contributed by atoms with van der Waals surface area (Å²) in [4.78, 5) is 19.1. The molecule has 0 aliphatic carbocycles. The van der Waals surface area contributed by atoms with Gasteiger partial charge in [0.05, 0.1) is 5.97 Å². The zero-order valence-corrected chi connectivity index (χ0v) is 10.8. The van der Waals surface area contributed by atoms with Crippen LogP contribution in [0.5, 0.6) is 0 Å². The van der Waals surface area contributed by atoms with E-state index in [-0.39, 0.29) is 29.6 Å². The van der Waals surface area contributed by atoms with Gasteiger partial charge in [0.25, 0.3) is 0 Å². The van der Waals surface area contributed by atoms with Crippen molar-refractivity contribution in [3.63, 3.8) is 0 Å². The second-order valence-corrected chi connectivity index (χ2v) is 1.95. The molecule has 0 heterocycles. The number of carbonyl (C=O) groups excluding carboxylic acids is 1. The maximum Gasteiger partial charge on any atom is 2.00 e. The number of oxime groups is 1. The zero-order chi connectivity index (χ0) is 11.7. The second kappa shape index (κ2) is 10.8. The molecule has 0 atom stereocenters. The summed E-state index contributed by atoms with van der Waals surface area (Å²) in [6.45, 7) is 2.27. The number of aliphatic carboxylic acids is 2. The number of carboxylic acids is 2. The van der Waals surface area contributed by atoms with Crippen molar-refractivity contribution in [3.05, 3.63) is 5.21 Å². The zero-order valence-electron chi connectivity index (χ0n) is 7.92. The average molecular weight is 323 g/mol. The van der Waals surface area contributed by atoms with Crippen LogP contribution in [-0.4, -0.2) is 57.6 Å². The molecule has 15 heavy (non-hydrogen) atoms. The minimum Gasteiger partial charge on any atom is -0.792 e. The van der Waals surface area contributed by atoms with Gasteiger partial charge >= 0.3 is 29.9 Å². The third-order valence-corrected chi connectivity index (χ3v) is 0.892. The van der Waals surface area contributed by atoms with Gasteiger partial charge in [-0.2, -0.15) is 0 Å². The Morgan fingerprint density at radius 3 is 1.60 bits per heavy atom. The standard InChI is InChI=1S/2C3H5NO3.Sn/c2*1-2(4-7)3(5)6;/h2*7H,1H3,(H,5,6);/q;;+2/p-2/b2*4-2-;. The normalized spacial score (nSPS) is 10.5. The van der Waals surface area contributed by atoms with Crippen LogP contribution < -0.4 is 5.11 Å². The molecule has 0 bridgehead atoms. The molecule has 2 radical (unpaired) electrons. The molecule has 0 spiro atoms. The molecule has 0 unspecified atom stereocenters. The quantitative estimate of drug-likeness (QED) is 0.266. The van der Waals surface area contributed by atoms with Crippen molar-refractivity contribution < 1.29 is 25.0 Å². The molecule has 0 fully saturated rings. The Balaban J connectivity index is -0.000000180. The molecule has 0 saturated heterocycles. The van der Waals surface area contributed by atoms with E-state index in [0.717, 1.165) is 6.92 Å². The van der Waals surface area contributed by atoms with Gasteiger partial charge in [0.2, 0.25) is 0 Å². The fourth-order valence-electron chi connectivity index (χ4n) is 0.0800. The Hall–Kier alpha value is -1.32. The van der Waals surface area contributed by atoms with Gasteiger partial charge in [-0.25, -0.2) is 4.79 Å². The van der Waals surface area contributed by atoms with Gasteiger partial charge in [-0.1, -0.05) is 5.16 Å². The molecule has 0 amide bonds. The van der Waals surface area contributed by atoms with E-state index in [2.05, 4.69) is 10.3 Å². The molecule has 0 aromatic rings. The van der Waals surface area contributed by atoms with Crippen molar-refractivity contribution in [2.45, 2.75) is 13.8 Å². The van der Waals surface area contributed by atoms with E-state index in [4.69, 9.17) is 10.3 Å². The summed E-state index contributed by atoms with van der Waals surface area (Å²) in [5.41, 5.74) is -0.833. The minimum atomic E-state index is -1.52. The van der Waals surface area contributed by atoms with Crippen molar-refractivity contribution in [3.8, 4) is 0 Å². The SMILES string of the molecule is C/C(=N/O)C(=O)O.C/C(=N/[O-])C(=O)[O-].[Sn+2]. The number of carbonyl (C=O) groups is 2. The van der Waals surface area contributed by atoms with Crippen LogP contribution in [0, 0.1) is 5.21 Å². The number of carboxylic acid groups (broad SMARTS) is 2. The topological polar surface area (TPSA) is 145 Å². The summed E-state index contributed by atoms with van der Waals surface area (Å²) in [6, 6.07) is 0. The first-order valence-electron chi connectivity index (χ1n) is 3.17. The van der Waals surface area contributed by atoms with Crippen molar-refractivity contribution in [1.29, 1.82) is 0 Å². The third kappa shape index (κ3) is 12.7. The first kappa shape index (κ1) is 19.3. The van der Waals surface area contributed by atoms with Gasteiger partial charge < -0.3 is 30.6 Å². The third-order valence-electron chi connectivity index (χ3n) is 0.892. The molecule has 0 aromatic heterocycles. The first-order valence-corrected chi connectivity index (χ1v) is 3.17. The van der Waals surface area contributed by atoms with E-state index in [0.29, 0.717) is 0 Å². The van der Waals surface area contributed by atoms with Gasteiger partial charge in [-0.3, -0.25) is 0 Å². The van der Waals surface area contributed by atoms with Crippen molar-refractivity contribution >= 4 is 47.3 Å². The maximum atomic E-state index is 9.64. The Labute approximate surface area is 102 Å². The fourth-order valence-corrected chi connectivity index (χ4v) is 0.0800. The van der Waals surface area contributed by atoms with E-state index in [1.807, 2.05) is 0 Å².